The lowest BCUT2D eigenvalue weighted by atomic mass is 10.2. The largest absolute Gasteiger partial charge is 0.481 e. The second-order valence-corrected chi connectivity index (χ2v) is 4.82. The molecule has 106 valence electrons. The molecule has 3 N–H and O–H groups in total. The Kier molecular flexibility index (Phi) is 5.41. The van der Waals surface area contributed by atoms with Gasteiger partial charge >= 0.3 is 0 Å². The predicted octanol–water partition coefficient (Wildman–Crippen LogP) is 0.881. The number of nitrogens with two attached hydrogens (primary N) is 1. The number of rotatable bonds is 6. The van der Waals surface area contributed by atoms with Crippen molar-refractivity contribution in [1.82, 2.24) is 10.3 Å². The monoisotopic (exact) mass is 266 g/mol. The minimum atomic E-state index is -0.0554. The molecule has 0 spiro atoms. The summed E-state index contributed by atoms with van der Waals surface area (Å²) in [6.45, 7) is 4.96. The van der Waals surface area contributed by atoms with Gasteiger partial charge in [-0.1, -0.05) is 13.8 Å². The lowest BCUT2D eigenvalue weighted by molar-refractivity contribution is -0.119. The maximum absolute atomic E-state index is 11.7. The Balaban J connectivity index is 2.67. The quantitative estimate of drug-likeness (QED) is 0.799. The smallest absolute Gasteiger partial charge is 0.239 e. The average molecular weight is 266 g/mol. The van der Waals surface area contributed by atoms with E-state index in [9.17, 15) is 4.79 Å². The van der Waals surface area contributed by atoms with Crippen LogP contribution in [0.2, 0.25) is 0 Å². The van der Waals surface area contributed by atoms with Crippen LogP contribution in [0.15, 0.2) is 12.1 Å². The van der Waals surface area contributed by atoms with Gasteiger partial charge in [-0.15, -0.1) is 0 Å². The fourth-order valence-electron chi connectivity index (χ4n) is 1.53. The zero-order chi connectivity index (χ0) is 14.4. The van der Waals surface area contributed by atoms with Gasteiger partial charge in [0.25, 0.3) is 0 Å². The van der Waals surface area contributed by atoms with Crippen molar-refractivity contribution in [3.63, 3.8) is 0 Å². The average Bonchev–Trinajstić information content (AvgIpc) is 2.36. The maximum Gasteiger partial charge on any atom is 0.239 e. The molecule has 19 heavy (non-hydrogen) atoms. The maximum atomic E-state index is 11.7. The van der Waals surface area contributed by atoms with Crippen molar-refractivity contribution in [2.75, 3.05) is 37.9 Å². The van der Waals surface area contributed by atoms with Gasteiger partial charge in [0.05, 0.1) is 19.3 Å². The Morgan fingerprint density at radius 1 is 1.53 bits per heavy atom. The second kappa shape index (κ2) is 6.82. The normalized spacial score (nSPS) is 10.4. The molecule has 0 bridgehead atoms. The number of ether oxygens (including phenoxy) is 1. The zero-order valence-electron chi connectivity index (χ0n) is 11.9. The van der Waals surface area contributed by atoms with Gasteiger partial charge < -0.3 is 20.7 Å². The number of hydrogen-bond donors (Lipinski definition) is 2. The van der Waals surface area contributed by atoms with E-state index in [2.05, 4.69) is 10.3 Å². The molecule has 0 aromatic carbocycles. The van der Waals surface area contributed by atoms with E-state index in [1.807, 2.05) is 13.8 Å². The molecule has 1 aromatic heterocycles. The fraction of sp³-hybridized carbons (Fsp3) is 0.538. The third kappa shape index (κ3) is 4.65. The summed E-state index contributed by atoms with van der Waals surface area (Å²) in [5.41, 5.74) is 6.37. The Bertz CT molecular complexity index is 435. The molecule has 0 aliphatic carbocycles. The molecule has 0 saturated heterocycles. The molecule has 0 unspecified atom stereocenters. The molecule has 6 nitrogen and oxygen atoms in total. The van der Waals surface area contributed by atoms with Gasteiger partial charge in [-0.3, -0.25) is 4.79 Å². The van der Waals surface area contributed by atoms with Crippen LogP contribution in [0.1, 0.15) is 13.8 Å². The first-order chi connectivity index (χ1) is 8.93. The Morgan fingerprint density at radius 2 is 2.21 bits per heavy atom. The number of pyridine rings is 1. The van der Waals surface area contributed by atoms with Crippen LogP contribution >= 0.6 is 0 Å². The number of likely N-dealkylation sites (N-methyl/N-ethyl adjacent to an activating group) is 1. The van der Waals surface area contributed by atoms with E-state index in [1.54, 1.807) is 24.1 Å². The SMILES string of the molecule is COc1ccc(N)c(N(C)CC(=O)NCC(C)C)n1. The number of methoxy groups -OCH3 is 1. The Hall–Kier alpha value is -1.98. The number of carbonyl (C=O) groups is 1. The number of nitrogens with one attached hydrogen (secondary N) is 1. The van der Waals surface area contributed by atoms with Crippen LogP contribution in [0, 0.1) is 5.92 Å². The van der Waals surface area contributed by atoms with E-state index in [-0.39, 0.29) is 12.5 Å². The van der Waals surface area contributed by atoms with E-state index < -0.39 is 0 Å². The van der Waals surface area contributed by atoms with Crippen molar-refractivity contribution < 1.29 is 9.53 Å². The Labute approximate surface area is 113 Å². The highest BCUT2D eigenvalue weighted by molar-refractivity contribution is 5.82. The highest BCUT2D eigenvalue weighted by Crippen LogP contribution is 2.22. The van der Waals surface area contributed by atoms with Gasteiger partial charge in [0.1, 0.15) is 0 Å². The lowest BCUT2D eigenvalue weighted by Gasteiger charge is -2.20. The summed E-state index contributed by atoms with van der Waals surface area (Å²) in [7, 11) is 3.31. The van der Waals surface area contributed by atoms with Crippen LogP contribution in [-0.4, -0.2) is 38.1 Å². The van der Waals surface area contributed by atoms with Gasteiger partial charge in [0.15, 0.2) is 5.82 Å². The number of nitrogens with zero attached hydrogens (tertiary/aromatic N) is 2. The van der Waals surface area contributed by atoms with E-state index >= 15 is 0 Å². The van der Waals surface area contributed by atoms with Crippen LogP contribution in [-0.2, 0) is 4.79 Å². The van der Waals surface area contributed by atoms with Crippen molar-refractivity contribution in [1.29, 1.82) is 0 Å². The summed E-state index contributed by atoms with van der Waals surface area (Å²) in [5.74, 6) is 1.38. The third-order valence-corrected chi connectivity index (χ3v) is 2.54. The molecule has 0 saturated carbocycles. The molecule has 0 aliphatic rings. The van der Waals surface area contributed by atoms with E-state index in [1.165, 1.54) is 7.11 Å². The number of amides is 1. The second-order valence-electron chi connectivity index (χ2n) is 4.82. The Morgan fingerprint density at radius 3 is 2.79 bits per heavy atom. The van der Waals surface area contributed by atoms with Crippen LogP contribution in [0.4, 0.5) is 11.5 Å². The van der Waals surface area contributed by atoms with Crippen LogP contribution in [0.25, 0.3) is 0 Å². The zero-order valence-corrected chi connectivity index (χ0v) is 11.9. The summed E-state index contributed by atoms with van der Waals surface area (Å²) in [6, 6.07) is 3.40. The minimum absolute atomic E-state index is 0.0554. The molecule has 1 rings (SSSR count). The predicted molar refractivity (Wildman–Crippen MR) is 76.3 cm³/mol. The molecule has 1 aromatic rings. The van der Waals surface area contributed by atoms with E-state index in [0.29, 0.717) is 29.8 Å². The summed E-state index contributed by atoms with van der Waals surface area (Å²) in [5, 5.41) is 2.85. The standard InChI is InChI=1S/C13H22N4O2/c1-9(2)7-15-11(18)8-17(3)13-10(14)5-6-12(16-13)19-4/h5-6,9H,7-8,14H2,1-4H3,(H,15,18). The van der Waals surface area contributed by atoms with Crippen LogP contribution < -0.4 is 20.7 Å². The topological polar surface area (TPSA) is 80.5 Å². The lowest BCUT2D eigenvalue weighted by Crippen LogP contribution is -2.37. The summed E-state index contributed by atoms with van der Waals surface area (Å²) >= 11 is 0. The molecule has 1 heterocycles. The molecule has 0 fully saturated rings. The minimum Gasteiger partial charge on any atom is -0.481 e. The van der Waals surface area contributed by atoms with Crippen LogP contribution in [0.3, 0.4) is 0 Å². The van der Waals surface area contributed by atoms with Gasteiger partial charge in [-0.25, -0.2) is 0 Å². The van der Waals surface area contributed by atoms with Crippen molar-refractivity contribution in [3.8, 4) is 5.88 Å². The van der Waals surface area contributed by atoms with Gasteiger partial charge in [-0.2, -0.15) is 4.98 Å². The number of anilines is 2. The highest BCUT2D eigenvalue weighted by atomic mass is 16.5. The van der Waals surface area contributed by atoms with Crippen LogP contribution in [0.5, 0.6) is 5.88 Å². The summed E-state index contributed by atoms with van der Waals surface area (Å²) < 4.78 is 5.05. The number of carbonyl (C=O) groups excluding carboxylic acids is 1. The molecular weight excluding hydrogens is 244 g/mol. The van der Waals surface area contributed by atoms with Crippen molar-refractivity contribution in [2.45, 2.75) is 13.8 Å². The van der Waals surface area contributed by atoms with Gasteiger partial charge in [0, 0.05) is 19.7 Å². The first-order valence-electron chi connectivity index (χ1n) is 6.22. The summed E-state index contributed by atoms with van der Waals surface area (Å²) in [6.07, 6.45) is 0. The van der Waals surface area contributed by atoms with Gasteiger partial charge in [-0.05, 0) is 12.0 Å². The number of nitrogen functional groups attached to an aromatic ring is 1. The molecular formula is C13H22N4O2. The third-order valence-electron chi connectivity index (χ3n) is 2.54. The van der Waals surface area contributed by atoms with Crippen molar-refractivity contribution in [3.05, 3.63) is 12.1 Å². The molecule has 1 amide bonds. The number of aromatic nitrogens is 1. The highest BCUT2D eigenvalue weighted by Gasteiger charge is 2.12. The molecule has 0 atom stereocenters. The van der Waals surface area contributed by atoms with Crippen molar-refractivity contribution in [2.24, 2.45) is 5.92 Å². The fourth-order valence-corrected chi connectivity index (χ4v) is 1.53. The molecule has 6 heteroatoms. The molecule has 0 radical (unpaired) electrons. The van der Waals surface area contributed by atoms with E-state index in [0.717, 1.165) is 0 Å². The first kappa shape index (κ1) is 15.1. The van der Waals surface area contributed by atoms with Crippen molar-refractivity contribution >= 4 is 17.4 Å². The van der Waals surface area contributed by atoms with E-state index in [4.69, 9.17) is 10.5 Å². The summed E-state index contributed by atoms with van der Waals surface area (Å²) in [4.78, 5) is 17.7. The molecule has 0 aliphatic heterocycles. The first-order valence-corrected chi connectivity index (χ1v) is 6.22. The number of hydrogen-bond acceptors (Lipinski definition) is 5. The van der Waals surface area contributed by atoms with Gasteiger partial charge in [0.2, 0.25) is 11.8 Å².